The second-order valence-corrected chi connectivity index (χ2v) is 4.84. The summed E-state index contributed by atoms with van der Waals surface area (Å²) in [4.78, 5) is 12.0. The van der Waals surface area contributed by atoms with Gasteiger partial charge in [-0.2, -0.15) is 0 Å². The van der Waals surface area contributed by atoms with Gasteiger partial charge in [0.1, 0.15) is 5.78 Å². The summed E-state index contributed by atoms with van der Waals surface area (Å²) >= 11 is 6.03. The van der Waals surface area contributed by atoms with Gasteiger partial charge in [-0.1, -0.05) is 36.2 Å². The maximum absolute atomic E-state index is 12.0. The average molecular weight is 238 g/mol. The van der Waals surface area contributed by atoms with Gasteiger partial charge in [-0.05, 0) is 24.5 Å². The molecule has 16 heavy (non-hydrogen) atoms. The van der Waals surface area contributed by atoms with Gasteiger partial charge >= 0.3 is 0 Å². The smallest absolute Gasteiger partial charge is 0.141 e. The molecule has 0 bridgehead atoms. The van der Waals surface area contributed by atoms with Crippen molar-refractivity contribution in [3.05, 3.63) is 34.9 Å². The highest BCUT2D eigenvalue weighted by atomic mass is 35.5. The first-order valence-electron chi connectivity index (χ1n) is 5.70. The minimum Gasteiger partial charge on any atom is -0.327 e. The number of carbonyl (C=O) groups excluding carboxylic acids is 1. The lowest BCUT2D eigenvalue weighted by molar-refractivity contribution is -0.122. The summed E-state index contributed by atoms with van der Waals surface area (Å²) in [5.74, 6) is 0.273. The van der Waals surface area contributed by atoms with Crippen LogP contribution in [0.2, 0.25) is 5.02 Å². The first kappa shape index (κ1) is 11.6. The lowest BCUT2D eigenvalue weighted by Gasteiger charge is -2.14. The zero-order valence-electron chi connectivity index (χ0n) is 9.16. The molecule has 1 saturated carbocycles. The Morgan fingerprint density at radius 2 is 2.12 bits per heavy atom. The molecule has 2 rings (SSSR count). The van der Waals surface area contributed by atoms with Crippen LogP contribution in [0.15, 0.2) is 24.3 Å². The number of ketones is 1. The van der Waals surface area contributed by atoms with E-state index in [9.17, 15) is 4.79 Å². The van der Waals surface area contributed by atoms with Crippen molar-refractivity contribution >= 4 is 17.4 Å². The molecule has 1 aliphatic carbocycles. The molecule has 0 radical (unpaired) electrons. The van der Waals surface area contributed by atoms with Crippen molar-refractivity contribution < 1.29 is 4.79 Å². The van der Waals surface area contributed by atoms with Gasteiger partial charge in [-0.15, -0.1) is 0 Å². The standard InChI is InChI=1S/C13H16ClNO/c14-11-6-2-1-4-9(11)8-13(16)10-5-3-7-12(10)15/h1-2,4,6,10,12H,3,5,7-8,15H2. The summed E-state index contributed by atoms with van der Waals surface area (Å²) in [6.45, 7) is 0. The fourth-order valence-electron chi connectivity index (χ4n) is 2.35. The molecule has 3 heteroatoms. The summed E-state index contributed by atoms with van der Waals surface area (Å²) in [5, 5.41) is 0.669. The Morgan fingerprint density at radius 1 is 1.38 bits per heavy atom. The maximum atomic E-state index is 12.0. The number of Topliss-reactive ketones (excluding diaryl/α,β-unsaturated/α-hetero) is 1. The summed E-state index contributed by atoms with van der Waals surface area (Å²) in [7, 11) is 0. The van der Waals surface area contributed by atoms with E-state index in [4.69, 9.17) is 17.3 Å². The average Bonchev–Trinajstić information content (AvgIpc) is 2.68. The van der Waals surface area contributed by atoms with E-state index in [1.165, 1.54) is 0 Å². The molecule has 2 atom stereocenters. The Bertz CT molecular complexity index is 391. The van der Waals surface area contributed by atoms with E-state index in [0.717, 1.165) is 24.8 Å². The molecule has 0 amide bonds. The molecule has 2 unspecified atom stereocenters. The van der Waals surface area contributed by atoms with Crippen LogP contribution < -0.4 is 5.73 Å². The van der Waals surface area contributed by atoms with Crippen LogP contribution >= 0.6 is 11.6 Å². The summed E-state index contributed by atoms with van der Waals surface area (Å²) in [6, 6.07) is 7.55. The van der Waals surface area contributed by atoms with Gasteiger partial charge in [-0.25, -0.2) is 0 Å². The molecule has 86 valence electrons. The van der Waals surface area contributed by atoms with Crippen molar-refractivity contribution in [1.82, 2.24) is 0 Å². The Morgan fingerprint density at radius 3 is 2.75 bits per heavy atom. The number of benzene rings is 1. The van der Waals surface area contributed by atoms with E-state index in [-0.39, 0.29) is 17.7 Å². The summed E-state index contributed by atoms with van der Waals surface area (Å²) in [6.07, 6.45) is 3.39. The minimum absolute atomic E-state index is 0.0382. The molecule has 0 spiro atoms. The van der Waals surface area contributed by atoms with Gasteiger partial charge in [0.15, 0.2) is 0 Å². The van der Waals surface area contributed by atoms with Crippen LogP contribution in [0, 0.1) is 5.92 Å². The first-order chi connectivity index (χ1) is 7.68. The monoisotopic (exact) mass is 237 g/mol. The topological polar surface area (TPSA) is 43.1 Å². The van der Waals surface area contributed by atoms with Crippen LogP contribution in [0.4, 0.5) is 0 Å². The zero-order chi connectivity index (χ0) is 11.5. The van der Waals surface area contributed by atoms with Crippen molar-refractivity contribution in [2.45, 2.75) is 31.7 Å². The second kappa shape index (κ2) is 4.98. The van der Waals surface area contributed by atoms with Crippen LogP contribution in [0.1, 0.15) is 24.8 Å². The third-order valence-electron chi connectivity index (χ3n) is 3.31. The lowest BCUT2D eigenvalue weighted by atomic mass is 9.94. The Kier molecular flexibility index (Phi) is 3.62. The van der Waals surface area contributed by atoms with E-state index in [1.807, 2.05) is 24.3 Å². The summed E-state index contributed by atoms with van der Waals surface area (Å²) < 4.78 is 0. The molecule has 1 aromatic carbocycles. The molecule has 2 nitrogen and oxygen atoms in total. The Labute approximate surface area is 101 Å². The Balaban J connectivity index is 2.05. The number of hydrogen-bond donors (Lipinski definition) is 1. The number of halogens is 1. The predicted octanol–water partition coefficient (Wildman–Crippen LogP) is 2.58. The molecule has 2 N–H and O–H groups in total. The SMILES string of the molecule is NC1CCCC1C(=O)Cc1ccccc1Cl. The number of carbonyl (C=O) groups is 1. The molecule has 1 aromatic rings. The highest BCUT2D eigenvalue weighted by Crippen LogP contribution is 2.27. The van der Waals surface area contributed by atoms with Crippen molar-refractivity contribution in [3.63, 3.8) is 0 Å². The van der Waals surface area contributed by atoms with E-state index >= 15 is 0 Å². The molecule has 0 heterocycles. The number of nitrogens with two attached hydrogens (primary N) is 1. The molecule has 0 aliphatic heterocycles. The van der Waals surface area contributed by atoms with Crippen molar-refractivity contribution in [1.29, 1.82) is 0 Å². The van der Waals surface area contributed by atoms with E-state index in [1.54, 1.807) is 0 Å². The van der Waals surface area contributed by atoms with Crippen molar-refractivity contribution in [2.75, 3.05) is 0 Å². The van der Waals surface area contributed by atoms with Gasteiger partial charge in [0.25, 0.3) is 0 Å². The van der Waals surface area contributed by atoms with E-state index < -0.39 is 0 Å². The highest BCUT2D eigenvalue weighted by molar-refractivity contribution is 6.31. The summed E-state index contributed by atoms with van der Waals surface area (Å²) in [5.41, 5.74) is 6.83. The molecule has 1 fully saturated rings. The van der Waals surface area contributed by atoms with Crippen LogP contribution in [0.3, 0.4) is 0 Å². The molecule has 0 aromatic heterocycles. The number of rotatable bonds is 3. The number of hydrogen-bond acceptors (Lipinski definition) is 2. The third kappa shape index (κ3) is 2.45. The van der Waals surface area contributed by atoms with Gasteiger partial charge in [0.05, 0.1) is 0 Å². The van der Waals surface area contributed by atoms with E-state index in [2.05, 4.69) is 0 Å². The quantitative estimate of drug-likeness (QED) is 0.878. The molecular formula is C13H16ClNO. The van der Waals surface area contributed by atoms with Crippen LogP contribution in [-0.2, 0) is 11.2 Å². The van der Waals surface area contributed by atoms with Crippen LogP contribution in [0.25, 0.3) is 0 Å². The third-order valence-corrected chi connectivity index (χ3v) is 3.67. The fraction of sp³-hybridized carbons (Fsp3) is 0.462. The first-order valence-corrected chi connectivity index (χ1v) is 6.08. The maximum Gasteiger partial charge on any atom is 0.141 e. The van der Waals surface area contributed by atoms with Crippen molar-refractivity contribution in [2.24, 2.45) is 11.7 Å². The van der Waals surface area contributed by atoms with E-state index in [0.29, 0.717) is 11.4 Å². The van der Waals surface area contributed by atoms with Crippen molar-refractivity contribution in [3.8, 4) is 0 Å². The predicted molar refractivity (Wildman–Crippen MR) is 65.5 cm³/mol. The molecular weight excluding hydrogens is 222 g/mol. The minimum atomic E-state index is 0.0382. The van der Waals surface area contributed by atoms with Crippen LogP contribution in [0.5, 0.6) is 0 Å². The molecule has 1 aliphatic rings. The van der Waals surface area contributed by atoms with Gasteiger partial charge in [0.2, 0.25) is 0 Å². The Hall–Kier alpha value is -0.860. The zero-order valence-corrected chi connectivity index (χ0v) is 9.91. The lowest BCUT2D eigenvalue weighted by Crippen LogP contribution is -2.31. The largest absolute Gasteiger partial charge is 0.327 e. The second-order valence-electron chi connectivity index (χ2n) is 4.44. The van der Waals surface area contributed by atoms with Gasteiger partial charge < -0.3 is 5.73 Å². The highest BCUT2D eigenvalue weighted by Gasteiger charge is 2.29. The van der Waals surface area contributed by atoms with Crippen LogP contribution in [-0.4, -0.2) is 11.8 Å². The molecule has 0 saturated heterocycles. The normalized spacial score (nSPS) is 24.6. The van der Waals surface area contributed by atoms with Gasteiger partial charge in [-0.3, -0.25) is 4.79 Å². The fourth-order valence-corrected chi connectivity index (χ4v) is 2.55. The van der Waals surface area contributed by atoms with Gasteiger partial charge in [0, 0.05) is 23.4 Å².